The minimum absolute atomic E-state index is 0.0250. The Morgan fingerprint density at radius 3 is 2.96 bits per heavy atom. The van der Waals surface area contributed by atoms with E-state index < -0.39 is 11.7 Å². The number of alkyl carbamates (subject to hydrolysis) is 1. The number of amides is 1. The van der Waals surface area contributed by atoms with Gasteiger partial charge in [0, 0.05) is 30.0 Å². The standard InChI is InChI=1S/C17H19NO5/c1-3-7-22-17(21)18-10-11(4-2)14-9-16(20)23-15-8-12(19)5-6-13(14)15/h3,5-6,8-9,11,19H,1,4,7,10H2,2H3,(H,18,21). The molecule has 1 atom stereocenters. The monoisotopic (exact) mass is 317 g/mol. The zero-order valence-corrected chi connectivity index (χ0v) is 12.9. The lowest BCUT2D eigenvalue weighted by molar-refractivity contribution is 0.157. The largest absolute Gasteiger partial charge is 0.508 e. The summed E-state index contributed by atoms with van der Waals surface area (Å²) in [6.45, 7) is 5.90. The Kier molecular flexibility index (Phi) is 5.41. The number of phenols is 1. The van der Waals surface area contributed by atoms with E-state index in [1.54, 1.807) is 6.07 Å². The molecule has 0 radical (unpaired) electrons. The third kappa shape index (κ3) is 4.12. The van der Waals surface area contributed by atoms with Crippen LogP contribution in [0, 0.1) is 0 Å². The second-order valence-corrected chi connectivity index (χ2v) is 5.07. The smallest absolute Gasteiger partial charge is 0.407 e. The molecule has 0 saturated heterocycles. The van der Waals surface area contributed by atoms with E-state index in [0.29, 0.717) is 18.5 Å². The molecule has 6 heteroatoms. The van der Waals surface area contributed by atoms with Crippen LogP contribution in [0.3, 0.4) is 0 Å². The lowest BCUT2D eigenvalue weighted by Crippen LogP contribution is -2.29. The molecular formula is C17H19NO5. The minimum Gasteiger partial charge on any atom is -0.508 e. The summed E-state index contributed by atoms with van der Waals surface area (Å²) in [4.78, 5) is 23.3. The van der Waals surface area contributed by atoms with Crippen molar-refractivity contribution in [2.24, 2.45) is 0 Å². The summed E-state index contributed by atoms with van der Waals surface area (Å²) in [5.41, 5.74) is 0.591. The first kappa shape index (κ1) is 16.6. The van der Waals surface area contributed by atoms with Crippen LogP contribution in [0.5, 0.6) is 5.75 Å². The molecule has 0 aliphatic rings. The van der Waals surface area contributed by atoms with Gasteiger partial charge < -0.3 is 19.6 Å². The summed E-state index contributed by atoms with van der Waals surface area (Å²) in [6, 6.07) is 6.05. The summed E-state index contributed by atoms with van der Waals surface area (Å²) >= 11 is 0. The highest BCUT2D eigenvalue weighted by atomic mass is 16.5. The Labute approximate surface area is 133 Å². The molecule has 0 aliphatic heterocycles. The van der Waals surface area contributed by atoms with Crippen LogP contribution in [0.2, 0.25) is 0 Å². The maximum Gasteiger partial charge on any atom is 0.407 e. The van der Waals surface area contributed by atoms with Gasteiger partial charge in [0.05, 0.1) is 0 Å². The zero-order valence-electron chi connectivity index (χ0n) is 12.9. The molecular weight excluding hydrogens is 298 g/mol. The Hall–Kier alpha value is -2.76. The van der Waals surface area contributed by atoms with Crippen LogP contribution >= 0.6 is 0 Å². The van der Waals surface area contributed by atoms with Crippen molar-refractivity contribution in [1.29, 1.82) is 0 Å². The van der Waals surface area contributed by atoms with Gasteiger partial charge in [0.15, 0.2) is 0 Å². The van der Waals surface area contributed by atoms with E-state index in [1.807, 2.05) is 6.92 Å². The Balaban J connectivity index is 2.27. The number of aromatic hydroxyl groups is 1. The van der Waals surface area contributed by atoms with Crippen LogP contribution in [0.15, 0.2) is 46.1 Å². The van der Waals surface area contributed by atoms with Crippen LogP contribution in [-0.4, -0.2) is 24.4 Å². The third-order valence-corrected chi connectivity index (χ3v) is 3.52. The van der Waals surface area contributed by atoms with Crippen LogP contribution in [0.4, 0.5) is 4.79 Å². The van der Waals surface area contributed by atoms with E-state index in [-0.39, 0.29) is 18.3 Å². The number of carbonyl (C=O) groups excluding carboxylic acids is 1. The minimum atomic E-state index is -0.534. The Morgan fingerprint density at radius 2 is 2.26 bits per heavy atom. The second-order valence-electron chi connectivity index (χ2n) is 5.07. The van der Waals surface area contributed by atoms with Crippen molar-refractivity contribution in [2.75, 3.05) is 13.2 Å². The summed E-state index contributed by atoms with van der Waals surface area (Å²) in [5.74, 6) is -0.0561. The first-order valence-corrected chi connectivity index (χ1v) is 7.33. The summed E-state index contributed by atoms with van der Waals surface area (Å²) in [5, 5.41) is 12.9. The van der Waals surface area contributed by atoms with Gasteiger partial charge in [-0.3, -0.25) is 0 Å². The number of hydrogen-bond acceptors (Lipinski definition) is 5. The molecule has 0 bridgehead atoms. The number of ether oxygens (including phenoxy) is 1. The molecule has 1 aromatic carbocycles. The van der Waals surface area contributed by atoms with E-state index >= 15 is 0 Å². The van der Waals surface area contributed by atoms with Crippen molar-refractivity contribution in [1.82, 2.24) is 5.32 Å². The second kappa shape index (κ2) is 7.49. The number of rotatable bonds is 6. The molecule has 2 aromatic rings. The predicted molar refractivity (Wildman–Crippen MR) is 86.7 cm³/mol. The SMILES string of the molecule is C=CCOC(=O)NCC(CC)c1cc(=O)oc2cc(O)ccc12. The van der Waals surface area contributed by atoms with Gasteiger partial charge in [0.2, 0.25) is 0 Å². The van der Waals surface area contributed by atoms with Gasteiger partial charge in [0.1, 0.15) is 17.9 Å². The highest BCUT2D eigenvalue weighted by molar-refractivity contribution is 5.82. The molecule has 122 valence electrons. The van der Waals surface area contributed by atoms with Crippen molar-refractivity contribution in [2.45, 2.75) is 19.3 Å². The molecule has 0 saturated carbocycles. The Bertz CT molecular complexity index is 765. The van der Waals surface area contributed by atoms with E-state index in [1.165, 1.54) is 24.3 Å². The molecule has 1 amide bonds. The summed E-state index contributed by atoms with van der Waals surface area (Å²) < 4.78 is 9.99. The topological polar surface area (TPSA) is 88.8 Å². The predicted octanol–water partition coefficient (Wildman–Crippen LogP) is 2.90. The molecule has 0 aliphatic carbocycles. The normalized spacial score (nSPS) is 11.9. The number of phenolic OH excluding ortho intramolecular Hbond substituents is 1. The average Bonchev–Trinajstić information content (AvgIpc) is 2.52. The molecule has 1 aromatic heterocycles. The van der Waals surface area contributed by atoms with Gasteiger partial charge in [-0.1, -0.05) is 19.6 Å². The molecule has 2 N–H and O–H groups in total. The highest BCUT2D eigenvalue weighted by Crippen LogP contribution is 2.28. The number of nitrogens with one attached hydrogen (secondary N) is 1. The number of fused-ring (bicyclic) bond motifs is 1. The van der Waals surface area contributed by atoms with Gasteiger partial charge in [-0.2, -0.15) is 0 Å². The molecule has 0 fully saturated rings. The van der Waals surface area contributed by atoms with E-state index in [2.05, 4.69) is 11.9 Å². The fourth-order valence-electron chi connectivity index (χ4n) is 2.38. The van der Waals surface area contributed by atoms with Crippen molar-refractivity contribution < 1.29 is 19.1 Å². The molecule has 1 heterocycles. The zero-order chi connectivity index (χ0) is 16.8. The summed E-state index contributed by atoms with van der Waals surface area (Å²) in [6.07, 6.45) is 1.66. The number of hydrogen-bond donors (Lipinski definition) is 2. The molecule has 6 nitrogen and oxygen atoms in total. The molecule has 2 rings (SSSR count). The molecule has 23 heavy (non-hydrogen) atoms. The quantitative estimate of drug-likeness (QED) is 0.631. The van der Waals surface area contributed by atoms with Crippen molar-refractivity contribution in [3.63, 3.8) is 0 Å². The first-order chi connectivity index (χ1) is 11.0. The van der Waals surface area contributed by atoms with Crippen molar-refractivity contribution >= 4 is 17.1 Å². The van der Waals surface area contributed by atoms with E-state index in [4.69, 9.17) is 9.15 Å². The maximum atomic E-state index is 11.7. The number of carbonyl (C=O) groups is 1. The van der Waals surface area contributed by atoms with Crippen LogP contribution < -0.4 is 10.9 Å². The van der Waals surface area contributed by atoms with Gasteiger partial charge >= 0.3 is 11.7 Å². The first-order valence-electron chi connectivity index (χ1n) is 7.33. The highest BCUT2D eigenvalue weighted by Gasteiger charge is 2.16. The van der Waals surface area contributed by atoms with Crippen molar-refractivity contribution in [3.05, 3.63) is 52.9 Å². The average molecular weight is 317 g/mol. The fourth-order valence-corrected chi connectivity index (χ4v) is 2.38. The van der Waals surface area contributed by atoms with Crippen LogP contribution in [0.25, 0.3) is 11.0 Å². The van der Waals surface area contributed by atoms with E-state index in [0.717, 1.165) is 10.9 Å². The lowest BCUT2D eigenvalue weighted by atomic mass is 9.94. The fraction of sp³-hybridized carbons (Fsp3) is 0.294. The molecule has 0 spiro atoms. The third-order valence-electron chi connectivity index (χ3n) is 3.52. The number of benzene rings is 1. The van der Waals surface area contributed by atoms with Gasteiger partial charge in [0.25, 0.3) is 0 Å². The van der Waals surface area contributed by atoms with Crippen molar-refractivity contribution in [3.8, 4) is 5.75 Å². The molecule has 1 unspecified atom stereocenters. The summed E-state index contributed by atoms with van der Waals surface area (Å²) in [7, 11) is 0. The van der Waals surface area contributed by atoms with Crippen LogP contribution in [0.1, 0.15) is 24.8 Å². The van der Waals surface area contributed by atoms with E-state index in [9.17, 15) is 14.7 Å². The maximum absolute atomic E-state index is 11.7. The lowest BCUT2D eigenvalue weighted by Gasteiger charge is -2.17. The van der Waals surface area contributed by atoms with Gasteiger partial charge in [-0.05, 0) is 24.1 Å². The van der Waals surface area contributed by atoms with Crippen LogP contribution in [-0.2, 0) is 4.74 Å². The van der Waals surface area contributed by atoms with Gasteiger partial charge in [-0.15, -0.1) is 0 Å². The Morgan fingerprint density at radius 1 is 1.48 bits per heavy atom. The van der Waals surface area contributed by atoms with Gasteiger partial charge in [-0.25, -0.2) is 9.59 Å².